The molecule has 0 aliphatic rings. The fourth-order valence-electron chi connectivity index (χ4n) is 1.93. The molecule has 2 rings (SSSR count). The topological polar surface area (TPSA) is 96.3 Å². The smallest absolute Gasteiger partial charge is 0.325 e. The fourth-order valence-corrected chi connectivity index (χ4v) is 1.93. The van der Waals surface area contributed by atoms with Gasteiger partial charge < -0.3 is 5.32 Å². The summed E-state index contributed by atoms with van der Waals surface area (Å²) in [5.74, 6) is -1.32. The summed E-state index contributed by atoms with van der Waals surface area (Å²) >= 11 is 0. The van der Waals surface area contributed by atoms with Crippen molar-refractivity contribution in [3.8, 4) is 0 Å². The molecule has 26 heavy (non-hydrogen) atoms. The molecular weight excluding hydrogens is 351 g/mol. The number of aromatic nitrogens is 2. The highest BCUT2D eigenvalue weighted by atomic mass is 19.4. The maximum atomic E-state index is 12.9. The van der Waals surface area contributed by atoms with E-state index in [9.17, 15) is 22.8 Å². The molecule has 7 nitrogen and oxygen atoms in total. The van der Waals surface area contributed by atoms with Crippen LogP contribution in [0.4, 0.5) is 18.9 Å². The molecule has 0 aliphatic carbocycles. The number of alkyl halides is 3. The number of benzene rings is 1. The van der Waals surface area contributed by atoms with Crippen molar-refractivity contribution in [2.24, 2.45) is 5.10 Å². The quantitative estimate of drug-likeness (QED) is 0.629. The predicted octanol–water partition coefficient (Wildman–Crippen LogP) is 2.63. The lowest BCUT2D eigenvalue weighted by atomic mass is 10.1. The monoisotopic (exact) mass is 365 g/mol. The van der Waals surface area contributed by atoms with Gasteiger partial charge in [0.2, 0.25) is 5.91 Å². The van der Waals surface area contributed by atoms with Crippen LogP contribution in [0, 0.1) is 0 Å². The van der Waals surface area contributed by atoms with E-state index in [4.69, 9.17) is 0 Å². The first-order chi connectivity index (χ1) is 12.3. The van der Waals surface area contributed by atoms with E-state index in [1.54, 1.807) is 0 Å². The number of anilines is 1. The van der Waals surface area contributed by atoms with Gasteiger partial charge in [-0.3, -0.25) is 14.6 Å². The third-order valence-corrected chi connectivity index (χ3v) is 3.07. The highest BCUT2D eigenvalue weighted by Gasteiger charge is 2.33. The molecule has 1 heterocycles. The number of para-hydroxylation sites is 1. The number of hydrazone groups is 1. The zero-order valence-electron chi connectivity index (χ0n) is 13.5. The Kier molecular flexibility index (Phi) is 5.99. The van der Waals surface area contributed by atoms with Gasteiger partial charge in [0.1, 0.15) is 5.69 Å². The summed E-state index contributed by atoms with van der Waals surface area (Å²) < 4.78 is 38.7. The minimum Gasteiger partial charge on any atom is -0.325 e. The summed E-state index contributed by atoms with van der Waals surface area (Å²) in [5.41, 5.74) is 1.13. The summed E-state index contributed by atoms with van der Waals surface area (Å²) in [4.78, 5) is 31.2. The molecule has 2 N–H and O–H groups in total. The molecule has 0 bridgehead atoms. The summed E-state index contributed by atoms with van der Waals surface area (Å²) in [6, 6.07) is 4.64. The number of carbonyl (C=O) groups is 2. The van der Waals surface area contributed by atoms with Crippen molar-refractivity contribution in [1.82, 2.24) is 15.4 Å². The molecule has 1 aromatic carbocycles. The lowest BCUT2D eigenvalue weighted by molar-refractivity contribution is -0.137. The van der Waals surface area contributed by atoms with Gasteiger partial charge in [-0.25, -0.2) is 10.4 Å². The number of rotatable bonds is 5. The first kappa shape index (κ1) is 19.0. The van der Waals surface area contributed by atoms with E-state index in [0.29, 0.717) is 0 Å². The van der Waals surface area contributed by atoms with Gasteiger partial charge in [-0.1, -0.05) is 12.1 Å². The fraction of sp³-hybridized carbons (Fsp3) is 0.188. The van der Waals surface area contributed by atoms with E-state index in [0.717, 1.165) is 12.1 Å². The lowest BCUT2D eigenvalue weighted by Crippen LogP contribution is -2.23. The highest BCUT2D eigenvalue weighted by molar-refractivity contribution is 6.06. The van der Waals surface area contributed by atoms with Crippen LogP contribution >= 0.6 is 0 Å². The molecule has 0 saturated carbocycles. The largest absolute Gasteiger partial charge is 0.418 e. The summed E-state index contributed by atoms with van der Waals surface area (Å²) in [5, 5.41) is 5.91. The summed E-state index contributed by atoms with van der Waals surface area (Å²) in [6.45, 7) is 1.45. The van der Waals surface area contributed by atoms with Gasteiger partial charge in [0.25, 0.3) is 5.91 Å². The van der Waals surface area contributed by atoms with Crippen molar-refractivity contribution in [3.63, 3.8) is 0 Å². The van der Waals surface area contributed by atoms with Gasteiger partial charge >= 0.3 is 6.18 Å². The standard InChI is InChI=1S/C16H14F3N5O2/c1-10(23-24-15(26)13-9-20-6-7-21-13)8-14(25)22-12-5-3-2-4-11(12)16(17,18)19/h2-7,9H,8H2,1H3,(H,22,25)(H,24,26)/b23-10+. The highest BCUT2D eigenvalue weighted by Crippen LogP contribution is 2.34. The van der Waals surface area contributed by atoms with Gasteiger partial charge in [0, 0.05) is 18.1 Å². The Morgan fingerprint density at radius 3 is 2.58 bits per heavy atom. The Morgan fingerprint density at radius 2 is 1.92 bits per heavy atom. The molecule has 2 aromatic rings. The van der Waals surface area contributed by atoms with Gasteiger partial charge in [0.05, 0.1) is 23.9 Å². The van der Waals surface area contributed by atoms with Crippen molar-refractivity contribution in [3.05, 3.63) is 54.1 Å². The maximum absolute atomic E-state index is 12.9. The van der Waals surface area contributed by atoms with Crippen molar-refractivity contribution >= 4 is 23.2 Å². The zero-order chi connectivity index (χ0) is 19.2. The molecule has 0 unspecified atom stereocenters. The molecule has 0 saturated heterocycles. The first-order valence-corrected chi connectivity index (χ1v) is 7.33. The van der Waals surface area contributed by atoms with E-state index >= 15 is 0 Å². The average Bonchev–Trinajstić information content (AvgIpc) is 2.60. The molecule has 0 spiro atoms. The van der Waals surface area contributed by atoms with Gasteiger partial charge in [-0.05, 0) is 19.1 Å². The van der Waals surface area contributed by atoms with E-state index < -0.39 is 23.6 Å². The maximum Gasteiger partial charge on any atom is 0.418 e. The number of carbonyl (C=O) groups excluding carboxylic acids is 2. The minimum atomic E-state index is -4.59. The zero-order valence-corrected chi connectivity index (χ0v) is 13.5. The number of nitrogens with zero attached hydrogens (tertiary/aromatic N) is 3. The van der Waals surface area contributed by atoms with Crippen LogP contribution in [0.2, 0.25) is 0 Å². The Morgan fingerprint density at radius 1 is 1.19 bits per heavy atom. The van der Waals surface area contributed by atoms with Crippen LogP contribution in [0.1, 0.15) is 29.4 Å². The molecule has 0 aliphatic heterocycles. The van der Waals surface area contributed by atoms with E-state index in [1.165, 1.54) is 37.6 Å². The number of hydrogen-bond donors (Lipinski definition) is 2. The molecular formula is C16H14F3N5O2. The number of amides is 2. The second kappa shape index (κ2) is 8.19. The molecule has 0 atom stereocenters. The van der Waals surface area contributed by atoms with Crippen LogP contribution in [-0.4, -0.2) is 27.5 Å². The van der Waals surface area contributed by atoms with E-state index in [1.807, 2.05) is 0 Å². The second-order valence-corrected chi connectivity index (χ2v) is 5.15. The summed E-state index contributed by atoms with van der Waals surface area (Å²) in [7, 11) is 0. The van der Waals surface area contributed by atoms with Crippen molar-refractivity contribution in [2.75, 3.05) is 5.32 Å². The SMILES string of the molecule is C/C(CC(=O)Nc1ccccc1C(F)(F)F)=N\NC(=O)c1cnccn1. The number of nitrogens with one attached hydrogen (secondary N) is 2. The number of halogens is 3. The van der Waals surface area contributed by atoms with Crippen molar-refractivity contribution < 1.29 is 22.8 Å². The van der Waals surface area contributed by atoms with Crippen LogP contribution in [0.15, 0.2) is 48.0 Å². The Bertz CT molecular complexity index is 822. The molecule has 1 aromatic heterocycles. The molecule has 10 heteroatoms. The van der Waals surface area contributed by atoms with Crippen LogP contribution in [0.5, 0.6) is 0 Å². The van der Waals surface area contributed by atoms with Crippen molar-refractivity contribution in [1.29, 1.82) is 0 Å². The lowest BCUT2D eigenvalue weighted by Gasteiger charge is -2.13. The van der Waals surface area contributed by atoms with Gasteiger partial charge in [-0.2, -0.15) is 18.3 Å². The summed E-state index contributed by atoms with van der Waals surface area (Å²) in [6.07, 6.45) is -0.920. The van der Waals surface area contributed by atoms with Crippen LogP contribution in [-0.2, 0) is 11.0 Å². The normalized spacial score (nSPS) is 11.8. The minimum absolute atomic E-state index is 0.0348. The van der Waals surface area contributed by atoms with Gasteiger partial charge in [0.15, 0.2) is 0 Å². The Hall–Kier alpha value is -3.30. The predicted molar refractivity (Wildman–Crippen MR) is 87.3 cm³/mol. The van der Waals surface area contributed by atoms with E-state index in [2.05, 4.69) is 25.8 Å². The molecule has 0 radical (unpaired) electrons. The van der Waals surface area contributed by atoms with Gasteiger partial charge in [-0.15, -0.1) is 0 Å². The second-order valence-electron chi connectivity index (χ2n) is 5.15. The Labute approximate surface area is 146 Å². The third-order valence-electron chi connectivity index (χ3n) is 3.07. The first-order valence-electron chi connectivity index (χ1n) is 7.33. The molecule has 136 valence electrons. The molecule has 2 amide bonds. The van der Waals surface area contributed by atoms with E-state index in [-0.39, 0.29) is 23.5 Å². The molecule has 0 fully saturated rings. The van der Waals surface area contributed by atoms with Crippen molar-refractivity contribution in [2.45, 2.75) is 19.5 Å². The van der Waals surface area contributed by atoms with Crippen LogP contribution in [0.3, 0.4) is 0 Å². The van der Waals surface area contributed by atoms with Crippen LogP contribution < -0.4 is 10.7 Å². The number of hydrogen-bond acceptors (Lipinski definition) is 5. The van der Waals surface area contributed by atoms with Crippen LogP contribution in [0.25, 0.3) is 0 Å². The average molecular weight is 365 g/mol. The Balaban J connectivity index is 1.97. The third kappa shape index (κ3) is 5.36.